The van der Waals surface area contributed by atoms with Crippen molar-refractivity contribution in [1.82, 2.24) is 38.2 Å². The molecule has 0 radical (unpaired) electrons. The molecule has 2 N–H and O–H groups in total. The van der Waals surface area contributed by atoms with Gasteiger partial charge in [0.1, 0.15) is 11.0 Å². The molecule has 2 aliphatic rings. The first-order valence-electron chi connectivity index (χ1n) is 17.5. The number of likely N-dealkylation sites (tertiary alicyclic amines) is 2. The number of hydrogen-bond donors (Lipinski definition) is 2. The van der Waals surface area contributed by atoms with E-state index in [1.54, 1.807) is 56.8 Å². The molecule has 2 aliphatic heterocycles. The number of carboxylic acids is 2. The van der Waals surface area contributed by atoms with Crippen LogP contribution < -0.4 is 11.1 Å². The van der Waals surface area contributed by atoms with Gasteiger partial charge in [-0.25, -0.2) is 9.03 Å². The predicted octanol–water partition coefficient (Wildman–Crippen LogP) is 4.50. The summed E-state index contributed by atoms with van der Waals surface area (Å²) in [5.41, 5.74) is 5.15. The van der Waals surface area contributed by atoms with E-state index in [4.69, 9.17) is 33.4 Å². The fourth-order valence-corrected chi connectivity index (χ4v) is 8.26. The molecule has 0 amide bonds. The molecule has 0 bridgehead atoms. The van der Waals surface area contributed by atoms with E-state index in [-0.39, 0.29) is 11.1 Å². The summed E-state index contributed by atoms with van der Waals surface area (Å²) >= 11 is 14.2. The number of aromatic nitrogens is 6. The summed E-state index contributed by atoms with van der Waals surface area (Å²) in [6.07, 6.45) is 4.71. The van der Waals surface area contributed by atoms with Crippen LogP contribution in [0.25, 0.3) is 44.7 Å². The molecule has 2 atom stereocenters. The molecule has 0 saturated carbocycles. The summed E-state index contributed by atoms with van der Waals surface area (Å²) in [6, 6.07) is 14.4. The quantitative estimate of drug-likeness (QED) is 0.214. The number of nitrogens with zero attached hydrogens (tertiary/aromatic N) is 8. The first-order valence-corrected chi connectivity index (χ1v) is 18.3. The van der Waals surface area contributed by atoms with Crippen LogP contribution in [0, 0.1) is 11.8 Å². The van der Waals surface area contributed by atoms with Crippen molar-refractivity contribution in [3.05, 3.63) is 103 Å². The predicted molar refractivity (Wildman–Crippen MR) is 203 cm³/mol. The number of carboxylic acid groups (broad SMARTS) is 2. The Labute approximate surface area is 318 Å². The van der Waals surface area contributed by atoms with Gasteiger partial charge in [-0.05, 0) is 38.1 Å². The zero-order valence-corrected chi connectivity index (χ0v) is 31.0. The van der Waals surface area contributed by atoms with Crippen molar-refractivity contribution in [3.8, 4) is 33.6 Å². The Morgan fingerprint density at radius 3 is 1.44 bits per heavy atom. The summed E-state index contributed by atoms with van der Waals surface area (Å²) in [5, 5.41) is 29.1. The van der Waals surface area contributed by atoms with Crippen LogP contribution >= 0.6 is 23.2 Å². The maximum atomic E-state index is 13.5. The fraction of sp³-hybridized carbons (Fsp3) is 0.316. The van der Waals surface area contributed by atoms with Crippen LogP contribution in [0.3, 0.4) is 0 Å². The highest BCUT2D eigenvalue weighted by Crippen LogP contribution is 2.42. The minimum Gasteiger partial charge on any atom is -0.481 e. The van der Waals surface area contributed by atoms with Crippen LogP contribution in [-0.2, 0) is 36.8 Å². The van der Waals surface area contributed by atoms with Crippen molar-refractivity contribution < 1.29 is 19.8 Å². The van der Waals surface area contributed by atoms with Gasteiger partial charge in [0.25, 0.3) is 11.1 Å². The minimum absolute atomic E-state index is 0.236. The molecule has 2 saturated heterocycles. The second-order valence-corrected chi connectivity index (χ2v) is 14.9. The van der Waals surface area contributed by atoms with E-state index in [1.807, 2.05) is 46.2 Å². The highest BCUT2D eigenvalue weighted by atomic mass is 35.5. The third-order valence-electron chi connectivity index (χ3n) is 10.8. The van der Waals surface area contributed by atoms with Gasteiger partial charge in [-0.1, -0.05) is 59.6 Å². The summed E-state index contributed by atoms with van der Waals surface area (Å²) in [7, 11) is 3.40. The second-order valence-electron chi connectivity index (χ2n) is 14.1. The van der Waals surface area contributed by atoms with Gasteiger partial charge >= 0.3 is 11.9 Å². The Morgan fingerprint density at radius 1 is 0.685 bits per heavy atom. The monoisotopic (exact) mass is 770 g/mol. The van der Waals surface area contributed by atoms with Crippen LogP contribution in [0.2, 0.25) is 10.0 Å². The third-order valence-corrected chi connectivity index (χ3v) is 11.6. The van der Waals surface area contributed by atoms with E-state index in [1.165, 1.54) is 0 Å². The number of aliphatic carboxylic acids is 2. The fourth-order valence-electron chi connectivity index (χ4n) is 7.61. The van der Waals surface area contributed by atoms with E-state index in [0.29, 0.717) is 118 Å². The molecular weight excluding hydrogens is 735 g/mol. The molecule has 16 heteroatoms. The molecule has 4 aromatic heterocycles. The zero-order valence-electron chi connectivity index (χ0n) is 29.4. The maximum absolute atomic E-state index is 13.5. The molecule has 0 unspecified atom stereocenters. The highest BCUT2D eigenvalue weighted by Gasteiger charge is 2.30. The molecule has 6 aromatic rings. The lowest BCUT2D eigenvalue weighted by atomic mass is 9.98. The molecule has 14 nitrogen and oxygen atoms in total. The van der Waals surface area contributed by atoms with Crippen molar-refractivity contribution in [1.29, 1.82) is 0 Å². The average molecular weight is 772 g/mol. The SMILES string of the molecule is Cn1c(CN2CC[C@H](C(=O)O)C2)cn2nc(-c3cccc(-c4cccc(-c5cc6c(=O)n(C)c(CN7CC[C@H](C(=O)O)C7)cn6n5)c4Cl)c3Cl)cc2c1=O. The summed E-state index contributed by atoms with van der Waals surface area (Å²) in [4.78, 5) is 53.9. The Hall–Kier alpha value is -5.28. The van der Waals surface area contributed by atoms with Crippen molar-refractivity contribution in [2.24, 2.45) is 25.9 Å². The normalized spacial score (nSPS) is 18.0. The molecule has 8 rings (SSSR count). The van der Waals surface area contributed by atoms with Crippen LogP contribution in [0.5, 0.6) is 0 Å². The lowest BCUT2D eigenvalue weighted by Gasteiger charge is -2.17. The second kappa shape index (κ2) is 13.9. The van der Waals surface area contributed by atoms with Crippen molar-refractivity contribution in [2.75, 3.05) is 26.2 Å². The maximum Gasteiger partial charge on any atom is 0.307 e. The smallest absolute Gasteiger partial charge is 0.307 e. The highest BCUT2D eigenvalue weighted by molar-refractivity contribution is 6.39. The summed E-state index contributed by atoms with van der Waals surface area (Å²) in [6.45, 7) is 2.94. The minimum atomic E-state index is -0.810. The van der Waals surface area contributed by atoms with Gasteiger partial charge in [0, 0.05) is 62.5 Å². The van der Waals surface area contributed by atoms with E-state index in [9.17, 15) is 29.4 Å². The number of carbonyl (C=O) groups is 2. The van der Waals surface area contributed by atoms with Gasteiger partial charge < -0.3 is 19.3 Å². The van der Waals surface area contributed by atoms with Crippen LogP contribution in [0.4, 0.5) is 0 Å². The molecule has 2 fully saturated rings. The van der Waals surface area contributed by atoms with Gasteiger partial charge in [0.15, 0.2) is 0 Å². The van der Waals surface area contributed by atoms with Gasteiger partial charge in [-0.15, -0.1) is 0 Å². The number of benzene rings is 2. The standard InChI is InChI=1S/C38H36Cl2N8O6/c1-43-23(17-45-11-9-21(15-45)37(51)52)19-47-31(35(43)49)13-29(41-47)27-7-3-5-25(33(27)39)26-6-4-8-28(34(26)40)30-14-32-36(50)44(2)24(20-48(32)42-30)18-46-12-10-22(16-46)38(53)54/h3-8,13-14,19-22H,9-12,15-18H2,1-2H3,(H,51,52)(H,53,54)/t21-,22-/m0/s1. The lowest BCUT2D eigenvalue weighted by Crippen LogP contribution is -2.29. The Kier molecular flexibility index (Phi) is 9.17. The van der Waals surface area contributed by atoms with Gasteiger partial charge in [-0.3, -0.25) is 29.0 Å². The number of halogens is 2. The van der Waals surface area contributed by atoms with Crippen LogP contribution in [0.15, 0.2) is 70.5 Å². The lowest BCUT2D eigenvalue weighted by molar-refractivity contribution is -0.142. The van der Waals surface area contributed by atoms with Crippen molar-refractivity contribution in [3.63, 3.8) is 0 Å². The number of rotatable bonds is 9. The largest absolute Gasteiger partial charge is 0.481 e. The van der Waals surface area contributed by atoms with E-state index >= 15 is 0 Å². The third kappa shape index (κ3) is 6.28. The molecule has 54 heavy (non-hydrogen) atoms. The molecule has 6 heterocycles. The molecule has 0 spiro atoms. The van der Waals surface area contributed by atoms with E-state index < -0.39 is 23.8 Å². The molecule has 2 aromatic carbocycles. The Bertz CT molecular complexity index is 2450. The topological polar surface area (TPSA) is 160 Å². The van der Waals surface area contributed by atoms with Crippen molar-refractivity contribution in [2.45, 2.75) is 25.9 Å². The number of hydrogen-bond acceptors (Lipinski definition) is 8. The Balaban J connectivity index is 1.10. The first kappa shape index (κ1) is 35.7. The molecule has 278 valence electrons. The van der Waals surface area contributed by atoms with Gasteiger partial charge in [0.05, 0.1) is 57.1 Å². The molecular formula is C38H36Cl2N8O6. The first-order chi connectivity index (χ1) is 25.9. The van der Waals surface area contributed by atoms with Crippen LogP contribution in [0.1, 0.15) is 24.2 Å². The van der Waals surface area contributed by atoms with Gasteiger partial charge in [0.2, 0.25) is 0 Å². The molecule has 0 aliphatic carbocycles. The van der Waals surface area contributed by atoms with E-state index in [2.05, 4.69) is 0 Å². The van der Waals surface area contributed by atoms with Crippen molar-refractivity contribution >= 4 is 46.2 Å². The van der Waals surface area contributed by atoms with Gasteiger partial charge in [-0.2, -0.15) is 10.2 Å². The summed E-state index contributed by atoms with van der Waals surface area (Å²) in [5.74, 6) is -2.46. The number of fused-ring (bicyclic) bond motifs is 2. The Morgan fingerprint density at radius 2 is 1.07 bits per heavy atom. The zero-order chi connectivity index (χ0) is 38.0. The average Bonchev–Trinajstić information content (AvgIpc) is 3.97. The van der Waals surface area contributed by atoms with Crippen LogP contribution in [-0.4, -0.2) is 86.5 Å². The summed E-state index contributed by atoms with van der Waals surface area (Å²) < 4.78 is 6.23. The van der Waals surface area contributed by atoms with E-state index in [0.717, 1.165) is 0 Å².